The summed E-state index contributed by atoms with van der Waals surface area (Å²) in [6, 6.07) is 0. The minimum Gasteiger partial charge on any atom is -0.333 e. The van der Waals surface area contributed by atoms with E-state index in [1.807, 2.05) is 6.33 Å². The summed E-state index contributed by atoms with van der Waals surface area (Å²) in [5.74, 6) is 2.03. The molecule has 0 aromatic carbocycles. The minimum atomic E-state index is 0.678. The van der Waals surface area contributed by atoms with E-state index >= 15 is 0 Å². The molecular weight excluding hydrogens is 230 g/mol. The van der Waals surface area contributed by atoms with Crippen LogP contribution in [0.15, 0.2) is 12.5 Å². The van der Waals surface area contributed by atoms with Gasteiger partial charge in [0.05, 0.1) is 6.33 Å². The van der Waals surface area contributed by atoms with Crippen LogP contribution in [0.5, 0.6) is 0 Å². The zero-order chi connectivity index (χ0) is 11.5. The highest BCUT2D eigenvalue weighted by atomic mass is 32.2. The molecule has 2 atom stereocenters. The molecule has 2 saturated heterocycles. The molecule has 2 aliphatic heterocycles. The van der Waals surface area contributed by atoms with Crippen molar-refractivity contribution in [1.29, 1.82) is 0 Å². The van der Waals surface area contributed by atoms with Crippen molar-refractivity contribution in [3.8, 4) is 0 Å². The van der Waals surface area contributed by atoms with Crippen LogP contribution in [-0.4, -0.2) is 33.6 Å². The summed E-state index contributed by atoms with van der Waals surface area (Å²) >= 11 is 2.13. The molecule has 2 fully saturated rings. The first-order valence-corrected chi connectivity index (χ1v) is 7.81. The van der Waals surface area contributed by atoms with Crippen LogP contribution >= 0.6 is 11.8 Å². The van der Waals surface area contributed by atoms with E-state index in [-0.39, 0.29) is 0 Å². The topological polar surface area (TPSA) is 29.9 Å². The first kappa shape index (κ1) is 11.6. The third kappa shape index (κ3) is 2.68. The Morgan fingerprint density at radius 3 is 3.18 bits per heavy atom. The van der Waals surface area contributed by atoms with Crippen LogP contribution in [0.4, 0.5) is 0 Å². The van der Waals surface area contributed by atoms with Gasteiger partial charge in [0.25, 0.3) is 0 Å². The van der Waals surface area contributed by atoms with Gasteiger partial charge in [-0.2, -0.15) is 11.8 Å². The molecule has 3 nitrogen and oxygen atoms in total. The third-order valence-electron chi connectivity index (χ3n) is 3.88. The Hall–Kier alpha value is -0.480. The second kappa shape index (κ2) is 5.44. The number of thioether (sulfide) groups is 1. The summed E-state index contributed by atoms with van der Waals surface area (Å²) in [7, 11) is 0. The van der Waals surface area contributed by atoms with Gasteiger partial charge in [-0.25, -0.2) is 4.98 Å². The normalized spacial score (nSPS) is 29.6. The average molecular weight is 251 g/mol. The van der Waals surface area contributed by atoms with Gasteiger partial charge in [-0.1, -0.05) is 0 Å². The van der Waals surface area contributed by atoms with Gasteiger partial charge in [0.2, 0.25) is 0 Å². The number of nitrogens with zero attached hydrogens (tertiary/aromatic N) is 2. The van der Waals surface area contributed by atoms with E-state index in [4.69, 9.17) is 0 Å². The summed E-state index contributed by atoms with van der Waals surface area (Å²) in [6.45, 7) is 3.48. The van der Waals surface area contributed by atoms with Gasteiger partial charge in [-0.05, 0) is 38.0 Å². The number of aromatic nitrogens is 2. The monoisotopic (exact) mass is 251 g/mol. The van der Waals surface area contributed by atoms with E-state index in [2.05, 4.69) is 32.8 Å². The highest BCUT2D eigenvalue weighted by molar-refractivity contribution is 8.00. The Labute approximate surface area is 107 Å². The van der Waals surface area contributed by atoms with E-state index in [0.717, 1.165) is 18.3 Å². The maximum Gasteiger partial charge on any atom is 0.0948 e. The van der Waals surface area contributed by atoms with Gasteiger partial charge < -0.3 is 9.88 Å². The van der Waals surface area contributed by atoms with Crippen molar-refractivity contribution in [2.24, 2.45) is 0 Å². The maximum absolute atomic E-state index is 4.37. The molecule has 3 heterocycles. The summed E-state index contributed by atoms with van der Waals surface area (Å²) in [4.78, 5) is 4.37. The fraction of sp³-hybridized carbons (Fsp3) is 0.769. The van der Waals surface area contributed by atoms with Crippen LogP contribution < -0.4 is 5.32 Å². The fourth-order valence-electron chi connectivity index (χ4n) is 2.94. The van der Waals surface area contributed by atoms with Crippen molar-refractivity contribution >= 4 is 11.8 Å². The quantitative estimate of drug-likeness (QED) is 0.893. The second-order valence-corrected chi connectivity index (χ2v) is 6.56. The molecular formula is C13H21N3S. The summed E-state index contributed by atoms with van der Waals surface area (Å²) in [5.41, 5.74) is 1.45. The zero-order valence-corrected chi connectivity index (χ0v) is 11.1. The lowest BCUT2D eigenvalue weighted by molar-refractivity contribution is 0.439. The van der Waals surface area contributed by atoms with E-state index in [9.17, 15) is 0 Å². The number of hydrogen-bond donors (Lipinski definition) is 1. The minimum absolute atomic E-state index is 0.678. The molecule has 3 rings (SSSR count). The van der Waals surface area contributed by atoms with Crippen molar-refractivity contribution in [2.45, 2.75) is 43.4 Å². The van der Waals surface area contributed by atoms with Crippen molar-refractivity contribution < 1.29 is 0 Å². The predicted molar refractivity (Wildman–Crippen MR) is 72.6 cm³/mol. The first-order chi connectivity index (χ1) is 8.43. The molecule has 0 amide bonds. The number of imidazole rings is 1. The van der Waals surface area contributed by atoms with Gasteiger partial charge in [-0.15, -0.1) is 0 Å². The van der Waals surface area contributed by atoms with Gasteiger partial charge >= 0.3 is 0 Å². The molecule has 94 valence electrons. The first-order valence-electron chi connectivity index (χ1n) is 6.76. The molecule has 1 aromatic heterocycles. The standard InChI is InChI=1S/C13H21N3S/c1-3-11(7-14-5-1)13-8-15-10-16(13)9-12-4-2-6-17-12/h8,10-12,14H,1-7,9H2. The molecule has 1 aromatic rings. The molecule has 0 spiro atoms. The molecule has 2 aliphatic rings. The van der Waals surface area contributed by atoms with Crippen LogP contribution in [0.2, 0.25) is 0 Å². The van der Waals surface area contributed by atoms with E-state index < -0.39 is 0 Å². The molecule has 17 heavy (non-hydrogen) atoms. The van der Waals surface area contributed by atoms with E-state index in [1.165, 1.54) is 43.7 Å². The zero-order valence-electron chi connectivity index (χ0n) is 10.3. The number of piperidine rings is 1. The third-order valence-corrected chi connectivity index (χ3v) is 5.26. The maximum atomic E-state index is 4.37. The molecule has 1 N–H and O–H groups in total. The van der Waals surface area contributed by atoms with E-state index in [0.29, 0.717) is 5.92 Å². The van der Waals surface area contributed by atoms with Crippen LogP contribution in [0.25, 0.3) is 0 Å². The second-order valence-electron chi connectivity index (χ2n) is 5.15. The molecule has 0 bridgehead atoms. The van der Waals surface area contributed by atoms with Gasteiger partial charge in [0.1, 0.15) is 0 Å². The summed E-state index contributed by atoms with van der Waals surface area (Å²) in [5, 5.41) is 4.32. The predicted octanol–water partition coefficient (Wildman–Crippen LogP) is 2.25. The highest BCUT2D eigenvalue weighted by Gasteiger charge is 2.21. The lowest BCUT2D eigenvalue weighted by Gasteiger charge is -2.24. The smallest absolute Gasteiger partial charge is 0.0948 e. The van der Waals surface area contributed by atoms with Crippen LogP contribution in [0, 0.1) is 0 Å². The Morgan fingerprint density at radius 1 is 1.41 bits per heavy atom. The Balaban J connectivity index is 1.69. The van der Waals surface area contributed by atoms with Gasteiger partial charge in [-0.3, -0.25) is 0 Å². The van der Waals surface area contributed by atoms with Crippen molar-refractivity contribution in [3.63, 3.8) is 0 Å². The Morgan fingerprint density at radius 2 is 2.41 bits per heavy atom. The van der Waals surface area contributed by atoms with Crippen LogP contribution in [0.3, 0.4) is 0 Å². The number of rotatable bonds is 3. The fourth-order valence-corrected chi connectivity index (χ4v) is 4.20. The van der Waals surface area contributed by atoms with Gasteiger partial charge in [0.15, 0.2) is 0 Å². The van der Waals surface area contributed by atoms with Crippen molar-refractivity contribution in [2.75, 3.05) is 18.8 Å². The number of nitrogens with one attached hydrogen (secondary N) is 1. The van der Waals surface area contributed by atoms with Crippen molar-refractivity contribution in [3.05, 3.63) is 18.2 Å². The molecule has 0 aliphatic carbocycles. The van der Waals surface area contributed by atoms with Crippen LogP contribution in [0.1, 0.15) is 37.3 Å². The van der Waals surface area contributed by atoms with Crippen LogP contribution in [-0.2, 0) is 6.54 Å². The van der Waals surface area contributed by atoms with E-state index in [1.54, 1.807) is 0 Å². The average Bonchev–Trinajstić information content (AvgIpc) is 3.02. The highest BCUT2D eigenvalue weighted by Crippen LogP contribution is 2.29. The molecule has 4 heteroatoms. The summed E-state index contributed by atoms with van der Waals surface area (Å²) < 4.78 is 2.40. The molecule has 0 radical (unpaired) electrons. The van der Waals surface area contributed by atoms with Crippen molar-refractivity contribution in [1.82, 2.24) is 14.9 Å². The lowest BCUT2D eigenvalue weighted by atomic mass is 9.96. The SMILES string of the molecule is c1ncn(CC2CCCS2)c1C1CCCNC1. The lowest BCUT2D eigenvalue weighted by Crippen LogP contribution is -2.30. The largest absolute Gasteiger partial charge is 0.333 e. The number of hydrogen-bond acceptors (Lipinski definition) is 3. The Kier molecular flexibility index (Phi) is 3.71. The van der Waals surface area contributed by atoms with Gasteiger partial charge in [0, 0.05) is 36.1 Å². The summed E-state index contributed by atoms with van der Waals surface area (Å²) in [6.07, 6.45) is 9.50. The Bertz CT molecular complexity index is 351. The molecule has 0 saturated carbocycles. The molecule has 2 unspecified atom stereocenters.